The molecule has 0 radical (unpaired) electrons. The van der Waals surface area contributed by atoms with Crippen LogP contribution in [0.4, 0.5) is 0 Å². The lowest BCUT2D eigenvalue weighted by atomic mass is 10.0. The molecule has 1 atom stereocenters. The SMILES string of the molecule is CCCC(C)(O)CNS(=O)(=O)c1c(C)oc(C)c1C(=O)O. The van der Waals surface area contributed by atoms with Crippen LogP contribution in [0.2, 0.25) is 0 Å². The number of hydrogen-bond donors (Lipinski definition) is 3. The summed E-state index contributed by atoms with van der Waals surface area (Å²) in [6, 6.07) is 0. The number of carboxylic acids is 1. The van der Waals surface area contributed by atoms with Crippen LogP contribution in [0.25, 0.3) is 0 Å². The third-order valence-electron chi connectivity index (χ3n) is 3.12. The monoisotopic (exact) mass is 319 g/mol. The fraction of sp³-hybridized carbons (Fsp3) is 0.615. The molecule has 0 aromatic carbocycles. The minimum atomic E-state index is -4.08. The quantitative estimate of drug-likeness (QED) is 0.700. The van der Waals surface area contributed by atoms with Gasteiger partial charge in [-0.1, -0.05) is 13.3 Å². The van der Waals surface area contributed by atoms with E-state index in [0.717, 1.165) is 0 Å². The molecule has 120 valence electrons. The second kappa shape index (κ2) is 6.17. The molecule has 0 aliphatic carbocycles. The minimum absolute atomic E-state index is 0.00698. The van der Waals surface area contributed by atoms with Gasteiger partial charge in [-0.25, -0.2) is 17.9 Å². The van der Waals surface area contributed by atoms with E-state index in [1.165, 1.54) is 20.8 Å². The van der Waals surface area contributed by atoms with Gasteiger partial charge >= 0.3 is 5.97 Å². The Labute approximate surface area is 124 Å². The number of hydrogen-bond acceptors (Lipinski definition) is 5. The topological polar surface area (TPSA) is 117 Å². The summed E-state index contributed by atoms with van der Waals surface area (Å²) in [4.78, 5) is 10.8. The Balaban J connectivity index is 3.13. The highest BCUT2D eigenvalue weighted by molar-refractivity contribution is 7.89. The van der Waals surface area contributed by atoms with Gasteiger partial charge in [0.2, 0.25) is 10.0 Å². The fourth-order valence-electron chi connectivity index (χ4n) is 2.18. The molecule has 1 aromatic rings. The number of furan rings is 1. The van der Waals surface area contributed by atoms with Gasteiger partial charge in [0.05, 0.1) is 5.60 Å². The first-order valence-electron chi connectivity index (χ1n) is 6.57. The summed E-state index contributed by atoms with van der Waals surface area (Å²) in [6.45, 7) is 5.96. The van der Waals surface area contributed by atoms with E-state index in [2.05, 4.69) is 4.72 Å². The van der Waals surface area contributed by atoms with E-state index in [9.17, 15) is 18.3 Å². The number of aromatic carboxylic acids is 1. The molecule has 7 nitrogen and oxygen atoms in total. The van der Waals surface area contributed by atoms with E-state index in [-0.39, 0.29) is 28.5 Å². The zero-order valence-electron chi connectivity index (χ0n) is 12.6. The van der Waals surface area contributed by atoms with Gasteiger partial charge in [0.25, 0.3) is 0 Å². The van der Waals surface area contributed by atoms with E-state index < -0.39 is 21.6 Å². The van der Waals surface area contributed by atoms with Gasteiger partial charge in [-0.2, -0.15) is 0 Å². The molecule has 0 aliphatic heterocycles. The first kappa shape index (κ1) is 17.7. The van der Waals surface area contributed by atoms with Crippen molar-refractivity contribution in [3.63, 3.8) is 0 Å². The number of nitrogens with one attached hydrogen (secondary N) is 1. The van der Waals surface area contributed by atoms with E-state index >= 15 is 0 Å². The summed E-state index contributed by atoms with van der Waals surface area (Å²) in [7, 11) is -4.08. The Hall–Kier alpha value is -1.38. The normalized spacial score (nSPS) is 14.9. The van der Waals surface area contributed by atoms with Gasteiger partial charge in [-0.15, -0.1) is 0 Å². The lowest BCUT2D eigenvalue weighted by Crippen LogP contribution is -2.40. The Morgan fingerprint density at radius 1 is 1.33 bits per heavy atom. The van der Waals surface area contributed by atoms with Gasteiger partial charge in [0.1, 0.15) is 22.0 Å². The Kier molecular flexibility index (Phi) is 5.19. The largest absolute Gasteiger partial charge is 0.478 e. The minimum Gasteiger partial charge on any atom is -0.478 e. The van der Waals surface area contributed by atoms with Crippen LogP contribution < -0.4 is 4.72 Å². The third-order valence-corrected chi connectivity index (χ3v) is 4.67. The van der Waals surface area contributed by atoms with E-state index in [0.29, 0.717) is 12.8 Å². The Morgan fingerprint density at radius 2 is 1.90 bits per heavy atom. The maximum Gasteiger partial charge on any atom is 0.340 e. The van der Waals surface area contributed by atoms with Crippen molar-refractivity contribution in [2.45, 2.75) is 51.0 Å². The number of sulfonamides is 1. The lowest BCUT2D eigenvalue weighted by Gasteiger charge is -2.22. The third kappa shape index (κ3) is 4.05. The van der Waals surface area contributed by atoms with Crippen molar-refractivity contribution in [3.8, 4) is 0 Å². The van der Waals surface area contributed by atoms with E-state index in [1.807, 2.05) is 6.92 Å². The van der Waals surface area contributed by atoms with E-state index in [1.54, 1.807) is 0 Å². The maximum atomic E-state index is 12.3. The molecule has 0 saturated carbocycles. The van der Waals surface area contributed by atoms with Gasteiger partial charge in [-0.05, 0) is 27.2 Å². The van der Waals surface area contributed by atoms with Crippen LogP contribution in [0, 0.1) is 13.8 Å². The maximum absolute atomic E-state index is 12.3. The molecule has 0 fully saturated rings. The van der Waals surface area contributed by atoms with Crippen LogP contribution in [0.5, 0.6) is 0 Å². The molecule has 0 saturated heterocycles. The van der Waals surface area contributed by atoms with Gasteiger partial charge in [-0.3, -0.25) is 0 Å². The summed E-state index contributed by atoms with van der Waals surface area (Å²) in [5.41, 5.74) is -1.58. The van der Waals surface area contributed by atoms with Crippen LogP contribution in [0.3, 0.4) is 0 Å². The van der Waals surface area contributed by atoms with Crippen molar-refractivity contribution in [1.82, 2.24) is 4.72 Å². The van der Waals surface area contributed by atoms with Crippen LogP contribution in [-0.2, 0) is 10.0 Å². The second-order valence-electron chi connectivity index (χ2n) is 5.30. The molecule has 0 amide bonds. The van der Waals surface area contributed by atoms with Crippen LogP contribution in [-0.4, -0.2) is 36.7 Å². The number of aliphatic hydroxyl groups is 1. The molecule has 0 aliphatic rings. The van der Waals surface area contributed by atoms with Crippen LogP contribution in [0.1, 0.15) is 48.6 Å². The number of carbonyl (C=O) groups is 1. The van der Waals surface area contributed by atoms with Gasteiger partial charge in [0.15, 0.2) is 0 Å². The standard InChI is InChI=1S/C13H21NO6S/c1-5-6-13(4,17)7-14-21(18,19)11-9(3)20-8(2)10(11)12(15)16/h14,17H,5-7H2,1-4H3,(H,15,16). The highest BCUT2D eigenvalue weighted by atomic mass is 32.2. The van der Waals surface area contributed by atoms with Crippen LogP contribution in [0.15, 0.2) is 9.31 Å². The van der Waals surface area contributed by atoms with E-state index in [4.69, 9.17) is 9.52 Å². The average Bonchev–Trinajstić information content (AvgIpc) is 2.63. The van der Waals surface area contributed by atoms with Gasteiger partial charge < -0.3 is 14.6 Å². The summed E-state index contributed by atoms with van der Waals surface area (Å²) in [5, 5.41) is 19.1. The predicted octanol–water partition coefficient (Wildman–Crippen LogP) is 1.42. The van der Waals surface area contributed by atoms with Crippen LogP contribution >= 0.6 is 0 Å². The molecule has 1 aromatic heterocycles. The summed E-state index contributed by atoms with van der Waals surface area (Å²) >= 11 is 0. The van der Waals surface area contributed by atoms with Crippen molar-refractivity contribution in [3.05, 3.63) is 17.1 Å². The highest BCUT2D eigenvalue weighted by Crippen LogP contribution is 2.26. The fourth-order valence-corrected chi connectivity index (χ4v) is 3.75. The number of carboxylic acid groups (broad SMARTS) is 1. The number of aryl methyl sites for hydroxylation is 2. The molecule has 8 heteroatoms. The molecule has 0 spiro atoms. The first-order valence-corrected chi connectivity index (χ1v) is 8.05. The molecular formula is C13H21NO6S. The zero-order valence-corrected chi connectivity index (χ0v) is 13.4. The predicted molar refractivity (Wildman–Crippen MR) is 75.9 cm³/mol. The second-order valence-corrected chi connectivity index (χ2v) is 7.00. The summed E-state index contributed by atoms with van der Waals surface area (Å²) in [5.74, 6) is -1.33. The highest BCUT2D eigenvalue weighted by Gasteiger charge is 2.32. The summed E-state index contributed by atoms with van der Waals surface area (Å²) in [6.07, 6.45) is 1.11. The molecule has 1 rings (SSSR count). The lowest BCUT2D eigenvalue weighted by molar-refractivity contribution is 0.0554. The first-order chi connectivity index (χ1) is 9.52. The molecule has 0 bridgehead atoms. The molecule has 1 heterocycles. The molecule has 1 unspecified atom stereocenters. The van der Waals surface area contributed by atoms with Crippen molar-refractivity contribution >= 4 is 16.0 Å². The Morgan fingerprint density at radius 3 is 2.38 bits per heavy atom. The zero-order chi connectivity index (χ0) is 16.4. The summed E-state index contributed by atoms with van der Waals surface area (Å²) < 4.78 is 32.0. The van der Waals surface area contributed by atoms with Crippen molar-refractivity contribution in [2.75, 3.05) is 6.54 Å². The van der Waals surface area contributed by atoms with Crippen molar-refractivity contribution in [1.29, 1.82) is 0 Å². The molecule has 3 N–H and O–H groups in total. The molecule has 21 heavy (non-hydrogen) atoms. The Bertz CT molecular complexity index is 629. The van der Waals surface area contributed by atoms with Crippen molar-refractivity contribution < 1.29 is 27.8 Å². The average molecular weight is 319 g/mol. The van der Waals surface area contributed by atoms with Crippen molar-refractivity contribution in [2.24, 2.45) is 0 Å². The smallest absolute Gasteiger partial charge is 0.340 e. The van der Waals surface area contributed by atoms with Gasteiger partial charge in [0, 0.05) is 6.54 Å². The molecular weight excluding hydrogens is 298 g/mol. The number of rotatable bonds is 7.